The SMILES string of the molecule is COc1ccc(NCc2ccc(OCCC(C)C)cc2)cc1. The first-order valence-electron chi connectivity index (χ1n) is 7.77. The summed E-state index contributed by atoms with van der Waals surface area (Å²) >= 11 is 0. The first kappa shape index (κ1) is 16.2. The van der Waals surface area contributed by atoms with E-state index in [0.29, 0.717) is 5.92 Å². The van der Waals surface area contributed by atoms with Crippen LogP contribution in [0.2, 0.25) is 0 Å². The summed E-state index contributed by atoms with van der Waals surface area (Å²) in [6, 6.07) is 16.2. The second-order valence-corrected chi connectivity index (χ2v) is 5.76. The number of rotatable bonds is 8. The second-order valence-electron chi connectivity index (χ2n) is 5.76. The van der Waals surface area contributed by atoms with Crippen LogP contribution in [0.1, 0.15) is 25.8 Å². The Hall–Kier alpha value is -2.16. The van der Waals surface area contributed by atoms with E-state index >= 15 is 0 Å². The zero-order valence-corrected chi connectivity index (χ0v) is 13.6. The van der Waals surface area contributed by atoms with Crippen molar-refractivity contribution in [2.24, 2.45) is 5.92 Å². The minimum absolute atomic E-state index is 0.674. The number of anilines is 1. The van der Waals surface area contributed by atoms with Gasteiger partial charge in [0.05, 0.1) is 13.7 Å². The number of nitrogens with one attached hydrogen (secondary N) is 1. The highest BCUT2D eigenvalue weighted by atomic mass is 16.5. The predicted molar refractivity (Wildman–Crippen MR) is 91.7 cm³/mol. The summed E-state index contributed by atoms with van der Waals surface area (Å²) in [4.78, 5) is 0. The van der Waals surface area contributed by atoms with E-state index in [1.165, 1.54) is 5.56 Å². The molecule has 0 aromatic heterocycles. The fraction of sp³-hybridized carbons (Fsp3) is 0.368. The van der Waals surface area contributed by atoms with Gasteiger partial charge < -0.3 is 14.8 Å². The highest BCUT2D eigenvalue weighted by molar-refractivity contribution is 5.46. The average molecular weight is 299 g/mol. The fourth-order valence-corrected chi connectivity index (χ4v) is 2.03. The quantitative estimate of drug-likeness (QED) is 0.764. The minimum atomic E-state index is 0.674. The van der Waals surface area contributed by atoms with Crippen LogP contribution in [0.25, 0.3) is 0 Å². The molecular weight excluding hydrogens is 274 g/mol. The average Bonchev–Trinajstić information content (AvgIpc) is 2.54. The maximum absolute atomic E-state index is 5.73. The van der Waals surface area contributed by atoms with Crippen LogP contribution in [0.4, 0.5) is 5.69 Å². The summed E-state index contributed by atoms with van der Waals surface area (Å²) in [6.45, 7) is 5.98. The summed E-state index contributed by atoms with van der Waals surface area (Å²) in [5.74, 6) is 2.48. The van der Waals surface area contributed by atoms with Gasteiger partial charge in [-0.15, -0.1) is 0 Å². The van der Waals surface area contributed by atoms with Crippen LogP contribution in [-0.4, -0.2) is 13.7 Å². The summed E-state index contributed by atoms with van der Waals surface area (Å²) < 4.78 is 10.9. The highest BCUT2D eigenvalue weighted by Gasteiger charge is 1.99. The molecule has 2 rings (SSSR count). The molecule has 22 heavy (non-hydrogen) atoms. The molecule has 0 radical (unpaired) electrons. The van der Waals surface area contributed by atoms with Crippen LogP contribution in [0.15, 0.2) is 48.5 Å². The molecule has 2 aromatic rings. The minimum Gasteiger partial charge on any atom is -0.497 e. The molecule has 0 saturated carbocycles. The normalized spacial score (nSPS) is 10.5. The van der Waals surface area contributed by atoms with Gasteiger partial charge in [-0.25, -0.2) is 0 Å². The lowest BCUT2D eigenvalue weighted by molar-refractivity contribution is 0.289. The van der Waals surface area contributed by atoms with Gasteiger partial charge in [0.15, 0.2) is 0 Å². The van der Waals surface area contributed by atoms with Crippen LogP contribution in [-0.2, 0) is 6.54 Å². The standard InChI is InChI=1S/C19H25NO2/c1-15(2)12-13-22-19-8-4-16(5-9-19)14-20-17-6-10-18(21-3)11-7-17/h4-11,15,20H,12-14H2,1-3H3. The number of hydrogen-bond acceptors (Lipinski definition) is 3. The lowest BCUT2D eigenvalue weighted by Gasteiger charge is -2.10. The lowest BCUT2D eigenvalue weighted by atomic mass is 10.1. The molecule has 2 aromatic carbocycles. The van der Waals surface area contributed by atoms with E-state index in [4.69, 9.17) is 9.47 Å². The third-order valence-corrected chi connectivity index (χ3v) is 3.47. The molecule has 0 saturated heterocycles. The van der Waals surface area contributed by atoms with Crippen molar-refractivity contribution < 1.29 is 9.47 Å². The molecule has 0 aliphatic heterocycles. The third-order valence-electron chi connectivity index (χ3n) is 3.47. The Labute approximate surface area is 133 Å². The summed E-state index contributed by atoms with van der Waals surface area (Å²) in [5.41, 5.74) is 2.31. The van der Waals surface area contributed by atoms with Gasteiger partial charge in [0, 0.05) is 12.2 Å². The van der Waals surface area contributed by atoms with Crippen molar-refractivity contribution in [2.75, 3.05) is 19.0 Å². The van der Waals surface area contributed by atoms with E-state index in [1.807, 2.05) is 36.4 Å². The molecule has 0 aliphatic rings. The number of methoxy groups -OCH3 is 1. The molecule has 3 heteroatoms. The van der Waals surface area contributed by atoms with Gasteiger partial charge in [-0.3, -0.25) is 0 Å². The number of ether oxygens (including phenoxy) is 2. The van der Waals surface area contributed by atoms with Crippen LogP contribution in [0, 0.1) is 5.92 Å². The Morgan fingerprint density at radius 1 is 0.909 bits per heavy atom. The fourth-order valence-electron chi connectivity index (χ4n) is 2.03. The topological polar surface area (TPSA) is 30.5 Å². The zero-order chi connectivity index (χ0) is 15.8. The predicted octanol–water partition coefficient (Wildman–Crippen LogP) is 4.73. The first-order chi connectivity index (χ1) is 10.7. The van der Waals surface area contributed by atoms with E-state index in [-0.39, 0.29) is 0 Å². The molecule has 0 amide bonds. The second kappa shape index (κ2) is 8.32. The highest BCUT2D eigenvalue weighted by Crippen LogP contribution is 2.17. The van der Waals surface area contributed by atoms with Crippen molar-refractivity contribution in [1.82, 2.24) is 0 Å². The van der Waals surface area contributed by atoms with E-state index in [0.717, 1.165) is 36.8 Å². The molecule has 118 valence electrons. The maximum atomic E-state index is 5.73. The van der Waals surface area contributed by atoms with Gasteiger partial charge in [-0.2, -0.15) is 0 Å². The maximum Gasteiger partial charge on any atom is 0.119 e. The lowest BCUT2D eigenvalue weighted by Crippen LogP contribution is -2.02. The van der Waals surface area contributed by atoms with Gasteiger partial charge >= 0.3 is 0 Å². The van der Waals surface area contributed by atoms with Crippen molar-refractivity contribution >= 4 is 5.69 Å². The van der Waals surface area contributed by atoms with Crippen LogP contribution < -0.4 is 14.8 Å². The molecule has 1 N–H and O–H groups in total. The van der Waals surface area contributed by atoms with Crippen LogP contribution in [0.5, 0.6) is 11.5 Å². The Morgan fingerprint density at radius 3 is 2.14 bits per heavy atom. The van der Waals surface area contributed by atoms with E-state index in [2.05, 4.69) is 31.3 Å². The molecule has 0 spiro atoms. The van der Waals surface area contributed by atoms with Gasteiger partial charge in [-0.05, 0) is 54.3 Å². The van der Waals surface area contributed by atoms with Gasteiger partial charge in [0.25, 0.3) is 0 Å². The molecular formula is C19H25NO2. The Kier molecular flexibility index (Phi) is 6.13. The first-order valence-corrected chi connectivity index (χ1v) is 7.77. The summed E-state index contributed by atoms with van der Waals surface area (Å²) in [6.07, 6.45) is 1.08. The van der Waals surface area contributed by atoms with Gasteiger partial charge in [0.2, 0.25) is 0 Å². The smallest absolute Gasteiger partial charge is 0.119 e. The van der Waals surface area contributed by atoms with E-state index in [1.54, 1.807) is 7.11 Å². The van der Waals surface area contributed by atoms with Crippen molar-refractivity contribution in [2.45, 2.75) is 26.8 Å². The molecule has 3 nitrogen and oxygen atoms in total. The summed E-state index contributed by atoms with van der Waals surface area (Å²) in [5, 5.41) is 3.39. The third kappa shape index (κ3) is 5.32. The van der Waals surface area contributed by atoms with Gasteiger partial charge in [0.1, 0.15) is 11.5 Å². The van der Waals surface area contributed by atoms with Crippen molar-refractivity contribution in [1.29, 1.82) is 0 Å². The molecule has 0 heterocycles. The van der Waals surface area contributed by atoms with E-state index in [9.17, 15) is 0 Å². The molecule has 0 aliphatic carbocycles. The summed E-state index contributed by atoms with van der Waals surface area (Å²) in [7, 11) is 1.67. The van der Waals surface area contributed by atoms with Gasteiger partial charge in [-0.1, -0.05) is 26.0 Å². The number of hydrogen-bond donors (Lipinski definition) is 1. The van der Waals surface area contributed by atoms with Crippen molar-refractivity contribution in [3.8, 4) is 11.5 Å². The Bertz CT molecular complexity index is 547. The van der Waals surface area contributed by atoms with Crippen molar-refractivity contribution in [3.05, 3.63) is 54.1 Å². The Balaban J connectivity index is 1.80. The van der Waals surface area contributed by atoms with E-state index < -0.39 is 0 Å². The van der Waals surface area contributed by atoms with Crippen LogP contribution in [0.3, 0.4) is 0 Å². The largest absolute Gasteiger partial charge is 0.497 e. The van der Waals surface area contributed by atoms with Crippen LogP contribution >= 0.6 is 0 Å². The zero-order valence-electron chi connectivity index (χ0n) is 13.6. The molecule has 0 atom stereocenters. The molecule has 0 unspecified atom stereocenters. The molecule has 0 fully saturated rings. The Morgan fingerprint density at radius 2 is 1.55 bits per heavy atom. The van der Waals surface area contributed by atoms with Crippen molar-refractivity contribution in [3.63, 3.8) is 0 Å². The number of benzene rings is 2. The monoisotopic (exact) mass is 299 g/mol. The molecule has 0 bridgehead atoms.